The zero-order valence-corrected chi connectivity index (χ0v) is 16.3. The van der Waals surface area contributed by atoms with Crippen molar-refractivity contribution in [3.8, 4) is 0 Å². The van der Waals surface area contributed by atoms with Crippen LogP contribution in [0.2, 0.25) is 0 Å². The number of carboxylic acid groups (broad SMARTS) is 1. The number of aliphatic carboxylic acids is 1. The van der Waals surface area contributed by atoms with Gasteiger partial charge in [-0.05, 0) is 30.4 Å². The van der Waals surface area contributed by atoms with Gasteiger partial charge in [-0.25, -0.2) is 0 Å². The topological polar surface area (TPSA) is 113 Å². The smallest absolute Gasteiger partial charge is 0.313 e. The number of nitrogens with zero attached hydrogens (tertiary/aromatic N) is 2. The molecule has 9 heteroatoms. The van der Waals surface area contributed by atoms with E-state index in [2.05, 4.69) is 19.2 Å². The number of hydrogen-bond donors (Lipinski definition) is 2. The zero-order valence-electron chi connectivity index (χ0n) is 15.5. The molecule has 0 aliphatic carbocycles. The zero-order chi connectivity index (χ0) is 20.0. The van der Waals surface area contributed by atoms with Crippen LogP contribution in [-0.4, -0.2) is 53.0 Å². The van der Waals surface area contributed by atoms with E-state index in [4.69, 9.17) is 5.11 Å². The number of nitrogens with one attached hydrogen (secondary N) is 1. The molecular formula is C18H25N3O5S. The van der Waals surface area contributed by atoms with Crippen molar-refractivity contribution in [2.45, 2.75) is 20.3 Å². The number of thioether (sulfide) groups is 1. The molecule has 2 N–H and O–H groups in total. The largest absolute Gasteiger partial charge is 0.481 e. The molecule has 0 radical (unpaired) electrons. The predicted octanol–water partition coefficient (Wildman–Crippen LogP) is 2.62. The fraction of sp³-hybridized carbons (Fsp3) is 0.556. The molecular weight excluding hydrogens is 370 g/mol. The molecule has 8 nitrogen and oxygen atoms in total. The summed E-state index contributed by atoms with van der Waals surface area (Å²) in [7, 11) is 0. The molecule has 1 heterocycles. The van der Waals surface area contributed by atoms with E-state index in [1.54, 1.807) is 12.1 Å². The minimum Gasteiger partial charge on any atom is -0.481 e. The first kappa shape index (κ1) is 21.0. The van der Waals surface area contributed by atoms with Crippen LogP contribution in [0.4, 0.5) is 11.4 Å². The number of hydrogen-bond acceptors (Lipinski definition) is 6. The van der Waals surface area contributed by atoms with Crippen LogP contribution in [0.3, 0.4) is 0 Å². The van der Waals surface area contributed by atoms with E-state index in [0.717, 1.165) is 19.5 Å². The van der Waals surface area contributed by atoms with Crippen LogP contribution < -0.4 is 10.2 Å². The monoisotopic (exact) mass is 395 g/mol. The highest BCUT2D eigenvalue weighted by molar-refractivity contribution is 7.99. The maximum absolute atomic E-state index is 12.2. The molecule has 1 fully saturated rings. The van der Waals surface area contributed by atoms with Gasteiger partial charge in [0, 0.05) is 37.0 Å². The van der Waals surface area contributed by atoms with Crippen LogP contribution in [0.15, 0.2) is 18.2 Å². The Labute approximate surface area is 162 Å². The van der Waals surface area contributed by atoms with Gasteiger partial charge in [0.1, 0.15) is 5.69 Å². The Bertz CT molecular complexity index is 702. The quantitative estimate of drug-likeness (QED) is 0.395. The maximum atomic E-state index is 12.2. The molecule has 1 amide bonds. The van der Waals surface area contributed by atoms with E-state index in [9.17, 15) is 19.7 Å². The van der Waals surface area contributed by atoms with Gasteiger partial charge < -0.3 is 15.3 Å². The second-order valence-electron chi connectivity index (χ2n) is 7.01. The Balaban J connectivity index is 2.07. The van der Waals surface area contributed by atoms with E-state index in [1.165, 1.54) is 17.8 Å². The summed E-state index contributed by atoms with van der Waals surface area (Å²) in [4.78, 5) is 35.8. The first-order chi connectivity index (χ1) is 12.8. The molecule has 0 saturated carbocycles. The SMILES string of the molecule is CC1CC(C)CN(c2ccc(C(=O)NCCSCC(=O)O)cc2[N+](=O)[O-])C1. The third kappa shape index (κ3) is 6.13. The van der Waals surface area contributed by atoms with Gasteiger partial charge in [0.2, 0.25) is 0 Å². The number of carboxylic acids is 1. The number of benzene rings is 1. The van der Waals surface area contributed by atoms with E-state index in [-0.39, 0.29) is 17.0 Å². The number of nitro groups is 1. The molecule has 27 heavy (non-hydrogen) atoms. The van der Waals surface area contributed by atoms with Crippen molar-refractivity contribution >= 4 is 35.0 Å². The molecule has 0 bridgehead atoms. The van der Waals surface area contributed by atoms with Crippen LogP contribution in [0.25, 0.3) is 0 Å². The van der Waals surface area contributed by atoms with Gasteiger partial charge in [-0.15, -0.1) is 11.8 Å². The number of carbonyl (C=O) groups excluding carboxylic acids is 1. The average Bonchev–Trinajstić information content (AvgIpc) is 2.59. The van der Waals surface area contributed by atoms with Crippen LogP contribution >= 0.6 is 11.8 Å². The molecule has 2 atom stereocenters. The van der Waals surface area contributed by atoms with Gasteiger partial charge in [-0.2, -0.15) is 0 Å². The molecule has 148 valence electrons. The van der Waals surface area contributed by atoms with Crippen LogP contribution in [0.5, 0.6) is 0 Å². The van der Waals surface area contributed by atoms with Gasteiger partial charge in [0.15, 0.2) is 0 Å². The minimum absolute atomic E-state index is 0.0251. The highest BCUT2D eigenvalue weighted by atomic mass is 32.2. The first-order valence-electron chi connectivity index (χ1n) is 8.89. The van der Waals surface area contributed by atoms with E-state index < -0.39 is 16.8 Å². The highest BCUT2D eigenvalue weighted by Crippen LogP contribution is 2.33. The van der Waals surface area contributed by atoms with Crippen molar-refractivity contribution in [2.75, 3.05) is 36.0 Å². The normalized spacial score (nSPS) is 19.6. The predicted molar refractivity (Wildman–Crippen MR) is 106 cm³/mol. The Hall–Kier alpha value is -2.29. The fourth-order valence-electron chi connectivity index (χ4n) is 3.44. The molecule has 0 spiro atoms. The molecule has 1 aromatic carbocycles. The molecule has 1 aliphatic rings. The minimum atomic E-state index is -0.904. The second kappa shape index (κ2) is 9.59. The van der Waals surface area contributed by atoms with Gasteiger partial charge in [-0.3, -0.25) is 19.7 Å². The second-order valence-corrected chi connectivity index (χ2v) is 8.12. The number of anilines is 1. The molecule has 2 unspecified atom stereocenters. The van der Waals surface area contributed by atoms with Crippen LogP contribution in [0, 0.1) is 22.0 Å². The van der Waals surface area contributed by atoms with Gasteiger partial charge >= 0.3 is 5.97 Å². The number of amides is 1. The van der Waals surface area contributed by atoms with Crippen molar-refractivity contribution < 1.29 is 19.6 Å². The summed E-state index contributed by atoms with van der Waals surface area (Å²) in [5, 5.41) is 22.8. The van der Waals surface area contributed by atoms with Crippen molar-refractivity contribution in [3.63, 3.8) is 0 Å². The van der Waals surface area contributed by atoms with Crippen LogP contribution in [0.1, 0.15) is 30.6 Å². The van der Waals surface area contributed by atoms with E-state index in [1.807, 2.05) is 4.90 Å². The number of piperidine rings is 1. The molecule has 1 saturated heterocycles. The lowest BCUT2D eigenvalue weighted by Gasteiger charge is -2.36. The Morgan fingerprint density at radius 2 is 2.00 bits per heavy atom. The number of rotatable bonds is 8. The lowest BCUT2D eigenvalue weighted by Crippen LogP contribution is -2.39. The maximum Gasteiger partial charge on any atom is 0.313 e. The Morgan fingerprint density at radius 1 is 1.33 bits per heavy atom. The molecule has 0 aromatic heterocycles. The number of nitro benzene ring substituents is 1. The molecule has 2 rings (SSSR count). The third-order valence-electron chi connectivity index (χ3n) is 4.40. The summed E-state index contributed by atoms with van der Waals surface area (Å²) in [6, 6.07) is 4.57. The molecule has 1 aromatic rings. The Kier molecular flexibility index (Phi) is 7.46. The lowest BCUT2D eigenvalue weighted by molar-refractivity contribution is -0.384. The standard InChI is InChI=1S/C18H25N3O5S/c1-12-7-13(2)10-20(9-12)15-4-3-14(8-16(15)21(25)26)18(24)19-5-6-27-11-17(22)23/h3-4,8,12-13H,5-7,9-11H2,1-2H3,(H,19,24)(H,22,23). The summed E-state index contributed by atoms with van der Waals surface area (Å²) in [6.45, 7) is 6.10. The van der Waals surface area contributed by atoms with Gasteiger partial charge in [0.25, 0.3) is 11.6 Å². The summed E-state index contributed by atoms with van der Waals surface area (Å²) in [5.41, 5.74) is 0.711. The van der Waals surface area contributed by atoms with Crippen LogP contribution in [-0.2, 0) is 4.79 Å². The number of carbonyl (C=O) groups is 2. The van der Waals surface area contributed by atoms with Gasteiger partial charge in [-0.1, -0.05) is 13.8 Å². The average molecular weight is 395 g/mol. The van der Waals surface area contributed by atoms with E-state index in [0.29, 0.717) is 29.8 Å². The van der Waals surface area contributed by atoms with E-state index >= 15 is 0 Å². The first-order valence-corrected chi connectivity index (χ1v) is 10.0. The van der Waals surface area contributed by atoms with Crippen molar-refractivity contribution in [1.82, 2.24) is 5.32 Å². The van der Waals surface area contributed by atoms with Gasteiger partial charge in [0.05, 0.1) is 10.7 Å². The van der Waals surface area contributed by atoms with Crippen molar-refractivity contribution in [2.24, 2.45) is 11.8 Å². The molecule has 1 aliphatic heterocycles. The summed E-state index contributed by atoms with van der Waals surface area (Å²) >= 11 is 1.20. The lowest BCUT2D eigenvalue weighted by atomic mass is 9.91. The Morgan fingerprint density at radius 3 is 2.59 bits per heavy atom. The van der Waals surface area contributed by atoms with Crippen molar-refractivity contribution in [1.29, 1.82) is 0 Å². The van der Waals surface area contributed by atoms with Crippen molar-refractivity contribution in [3.05, 3.63) is 33.9 Å². The summed E-state index contributed by atoms with van der Waals surface area (Å²) < 4.78 is 0. The highest BCUT2D eigenvalue weighted by Gasteiger charge is 2.27. The summed E-state index contributed by atoms with van der Waals surface area (Å²) in [5.74, 6) is 0.0453. The fourth-order valence-corrected chi connectivity index (χ4v) is 4.00. The third-order valence-corrected chi connectivity index (χ3v) is 5.35. The summed E-state index contributed by atoms with van der Waals surface area (Å²) in [6.07, 6.45) is 1.10.